The van der Waals surface area contributed by atoms with E-state index in [9.17, 15) is 0 Å². The van der Waals surface area contributed by atoms with E-state index in [1.165, 1.54) is 5.56 Å². The van der Waals surface area contributed by atoms with E-state index in [0.29, 0.717) is 12.0 Å². The quantitative estimate of drug-likeness (QED) is 0.862. The Balaban J connectivity index is 1.65. The number of hydrogen-bond acceptors (Lipinski definition) is 4. The van der Waals surface area contributed by atoms with Crippen LogP contribution in [0.15, 0.2) is 42.7 Å². The monoisotopic (exact) mass is 240 g/mol. The van der Waals surface area contributed by atoms with E-state index in [-0.39, 0.29) is 0 Å². The molecule has 92 valence electrons. The van der Waals surface area contributed by atoms with Crippen LogP contribution in [0.25, 0.3) is 0 Å². The number of aromatic nitrogens is 2. The summed E-state index contributed by atoms with van der Waals surface area (Å²) in [5, 5.41) is 6.42. The van der Waals surface area contributed by atoms with Gasteiger partial charge in [0, 0.05) is 19.0 Å². The van der Waals surface area contributed by atoms with E-state index in [1.807, 2.05) is 7.05 Å². The third-order valence-corrected chi connectivity index (χ3v) is 3.24. The Bertz CT molecular complexity index is 526. The lowest BCUT2D eigenvalue weighted by Crippen LogP contribution is -2.07. The molecule has 0 spiro atoms. The molecule has 1 saturated carbocycles. The molecule has 1 aliphatic rings. The van der Waals surface area contributed by atoms with Crippen molar-refractivity contribution < 1.29 is 0 Å². The second-order valence-electron chi connectivity index (χ2n) is 4.54. The van der Waals surface area contributed by atoms with E-state index >= 15 is 0 Å². The van der Waals surface area contributed by atoms with Crippen LogP contribution in [0.3, 0.4) is 0 Å². The summed E-state index contributed by atoms with van der Waals surface area (Å²) in [4.78, 5) is 8.56. The zero-order valence-corrected chi connectivity index (χ0v) is 10.3. The van der Waals surface area contributed by atoms with Gasteiger partial charge in [0.15, 0.2) is 0 Å². The average molecular weight is 240 g/mol. The molecule has 0 aliphatic heterocycles. The molecule has 1 heterocycles. The molecule has 2 aromatic rings. The molecule has 4 heteroatoms. The number of anilines is 2. The fourth-order valence-corrected chi connectivity index (χ4v) is 2.17. The molecular weight excluding hydrogens is 224 g/mol. The summed E-state index contributed by atoms with van der Waals surface area (Å²) in [6, 6.07) is 11.1. The second kappa shape index (κ2) is 4.64. The lowest BCUT2D eigenvalue weighted by atomic mass is 10.1. The molecule has 0 bridgehead atoms. The van der Waals surface area contributed by atoms with Gasteiger partial charge in [0.1, 0.15) is 11.6 Å². The smallest absolute Gasteiger partial charge is 0.147 e. The highest BCUT2D eigenvalue weighted by Crippen LogP contribution is 2.42. The highest BCUT2D eigenvalue weighted by atomic mass is 15.1. The highest BCUT2D eigenvalue weighted by Gasteiger charge is 2.38. The maximum Gasteiger partial charge on any atom is 0.147 e. The van der Waals surface area contributed by atoms with E-state index < -0.39 is 0 Å². The van der Waals surface area contributed by atoms with Gasteiger partial charge in [0.2, 0.25) is 0 Å². The summed E-state index contributed by atoms with van der Waals surface area (Å²) in [6.45, 7) is 0. The lowest BCUT2D eigenvalue weighted by Gasteiger charge is -2.06. The van der Waals surface area contributed by atoms with E-state index in [0.717, 1.165) is 18.1 Å². The summed E-state index contributed by atoms with van der Waals surface area (Å²) >= 11 is 0. The van der Waals surface area contributed by atoms with Gasteiger partial charge in [-0.15, -0.1) is 0 Å². The van der Waals surface area contributed by atoms with E-state index in [4.69, 9.17) is 0 Å². The van der Waals surface area contributed by atoms with Crippen molar-refractivity contribution in [2.45, 2.75) is 18.4 Å². The van der Waals surface area contributed by atoms with Crippen molar-refractivity contribution in [3.05, 3.63) is 48.3 Å². The summed E-state index contributed by atoms with van der Waals surface area (Å²) in [5.41, 5.74) is 1.40. The van der Waals surface area contributed by atoms with E-state index in [2.05, 4.69) is 50.9 Å². The van der Waals surface area contributed by atoms with Gasteiger partial charge in [0.25, 0.3) is 0 Å². The predicted molar refractivity (Wildman–Crippen MR) is 72.8 cm³/mol. The molecule has 2 atom stereocenters. The van der Waals surface area contributed by atoms with Gasteiger partial charge in [-0.3, -0.25) is 4.98 Å². The third-order valence-electron chi connectivity index (χ3n) is 3.24. The number of nitrogens with zero attached hydrogens (tertiary/aromatic N) is 2. The van der Waals surface area contributed by atoms with Crippen LogP contribution in [0.1, 0.15) is 17.9 Å². The van der Waals surface area contributed by atoms with Gasteiger partial charge in [-0.1, -0.05) is 30.3 Å². The van der Waals surface area contributed by atoms with Crippen LogP contribution in [0, 0.1) is 0 Å². The SMILES string of the molecule is CNc1cncc(NC2CC2c2ccccc2)n1. The van der Waals surface area contributed by atoms with Crippen molar-refractivity contribution in [3.63, 3.8) is 0 Å². The molecule has 1 aromatic carbocycles. The zero-order chi connectivity index (χ0) is 12.4. The van der Waals surface area contributed by atoms with Crippen molar-refractivity contribution in [2.24, 2.45) is 0 Å². The van der Waals surface area contributed by atoms with Crippen molar-refractivity contribution >= 4 is 11.6 Å². The summed E-state index contributed by atoms with van der Waals surface area (Å²) in [6.07, 6.45) is 4.64. The fraction of sp³-hybridized carbons (Fsp3) is 0.286. The van der Waals surface area contributed by atoms with Crippen molar-refractivity contribution in [2.75, 3.05) is 17.7 Å². The Morgan fingerprint density at radius 1 is 1.11 bits per heavy atom. The van der Waals surface area contributed by atoms with E-state index in [1.54, 1.807) is 12.4 Å². The Labute approximate surface area is 106 Å². The fourth-order valence-electron chi connectivity index (χ4n) is 2.17. The molecule has 1 aromatic heterocycles. The van der Waals surface area contributed by atoms with Gasteiger partial charge in [-0.05, 0) is 12.0 Å². The van der Waals surface area contributed by atoms with Crippen molar-refractivity contribution in [1.29, 1.82) is 0 Å². The summed E-state index contributed by atoms with van der Waals surface area (Å²) < 4.78 is 0. The first kappa shape index (κ1) is 11.0. The van der Waals surface area contributed by atoms with Crippen molar-refractivity contribution in [1.82, 2.24) is 9.97 Å². The van der Waals surface area contributed by atoms with Crippen molar-refractivity contribution in [3.8, 4) is 0 Å². The van der Waals surface area contributed by atoms with Crippen LogP contribution >= 0.6 is 0 Å². The molecule has 0 radical (unpaired) electrons. The summed E-state index contributed by atoms with van der Waals surface area (Å²) in [5.74, 6) is 2.23. The molecule has 18 heavy (non-hydrogen) atoms. The minimum atomic E-state index is 0.480. The first-order chi connectivity index (χ1) is 8.86. The molecule has 3 rings (SSSR count). The minimum absolute atomic E-state index is 0.480. The normalized spacial score (nSPS) is 21.4. The Hall–Kier alpha value is -2.10. The Kier molecular flexibility index (Phi) is 2.84. The zero-order valence-electron chi connectivity index (χ0n) is 10.3. The van der Waals surface area contributed by atoms with Gasteiger partial charge < -0.3 is 10.6 Å². The lowest BCUT2D eigenvalue weighted by molar-refractivity contribution is 1.02. The molecule has 0 saturated heterocycles. The minimum Gasteiger partial charge on any atom is -0.372 e. The maximum atomic E-state index is 4.41. The number of hydrogen-bond donors (Lipinski definition) is 2. The predicted octanol–water partition coefficient (Wildman–Crippen LogP) is 2.49. The standard InChI is InChI=1S/C14H16N4/c1-15-13-8-16-9-14(18-13)17-12-7-11(12)10-5-3-2-4-6-10/h2-6,8-9,11-12H,7H2,1H3,(H2,15,17,18). The van der Waals surface area contributed by atoms with Crippen LogP contribution in [0.5, 0.6) is 0 Å². The maximum absolute atomic E-state index is 4.41. The van der Waals surface area contributed by atoms with Gasteiger partial charge in [0.05, 0.1) is 12.4 Å². The average Bonchev–Trinajstić information content (AvgIpc) is 3.19. The Morgan fingerprint density at radius 3 is 2.67 bits per heavy atom. The largest absolute Gasteiger partial charge is 0.372 e. The van der Waals surface area contributed by atoms with Crippen LogP contribution in [-0.2, 0) is 0 Å². The Morgan fingerprint density at radius 2 is 1.89 bits per heavy atom. The molecule has 2 N–H and O–H groups in total. The topological polar surface area (TPSA) is 49.8 Å². The van der Waals surface area contributed by atoms with Crippen LogP contribution < -0.4 is 10.6 Å². The molecular formula is C14H16N4. The van der Waals surface area contributed by atoms with Crippen LogP contribution in [-0.4, -0.2) is 23.1 Å². The molecule has 0 amide bonds. The van der Waals surface area contributed by atoms with Gasteiger partial charge in [-0.2, -0.15) is 0 Å². The van der Waals surface area contributed by atoms with Gasteiger partial charge >= 0.3 is 0 Å². The number of rotatable bonds is 4. The molecule has 2 unspecified atom stereocenters. The first-order valence-electron chi connectivity index (χ1n) is 6.18. The number of nitrogens with one attached hydrogen (secondary N) is 2. The molecule has 1 fully saturated rings. The van der Waals surface area contributed by atoms with Gasteiger partial charge in [-0.25, -0.2) is 4.98 Å². The first-order valence-corrected chi connectivity index (χ1v) is 6.18. The summed E-state index contributed by atoms with van der Waals surface area (Å²) in [7, 11) is 1.84. The third kappa shape index (κ3) is 2.27. The molecule has 1 aliphatic carbocycles. The molecule has 4 nitrogen and oxygen atoms in total. The highest BCUT2D eigenvalue weighted by molar-refractivity contribution is 5.44. The van der Waals surface area contributed by atoms with Crippen LogP contribution in [0.2, 0.25) is 0 Å². The second-order valence-corrected chi connectivity index (χ2v) is 4.54. The van der Waals surface area contributed by atoms with Crippen LogP contribution in [0.4, 0.5) is 11.6 Å². The number of benzene rings is 1.